The molecule has 0 radical (unpaired) electrons. The highest BCUT2D eigenvalue weighted by Gasteiger charge is 2.12. The summed E-state index contributed by atoms with van der Waals surface area (Å²) in [6, 6.07) is 8.02. The van der Waals surface area contributed by atoms with Gasteiger partial charge in [-0.1, -0.05) is 12.1 Å². The summed E-state index contributed by atoms with van der Waals surface area (Å²) < 4.78 is 18.5. The molecule has 0 bridgehead atoms. The number of furan rings is 1. The molecule has 0 spiro atoms. The van der Waals surface area contributed by atoms with Crippen molar-refractivity contribution in [3.63, 3.8) is 0 Å². The lowest BCUT2D eigenvalue weighted by Gasteiger charge is -2.05. The molecule has 0 saturated carbocycles. The zero-order chi connectivity index (χ0) is 16.8. The molecule has 1 aromatic heterocycles. The van der Waals surface area contributed by atoms with Gasteiger partial charge in [0.05, 0.1) is 5.56 Å². The Kier molecular flexibility index (Phi) is 5.68. The van der Waals surface area contributed by atoms with Gasteiger partial charge in [-0.05, 0) is 44.0 Å². The Balaban J connectivity index is 1.75. The van der Waals surface area contributed by atoms with E-state index in [1.807, 2.05) is 6.07 Å². The van der Waals surface area contributed by atoms with E-state index < -0.39 is 0 Å². The highest BCUT2D eigenvalue weighted by molar-refractivity contribution is 5.95. The number of carbonyl (C=O) groups excluding carboxylic acids is 2. The summed E-state index contributed by atoms with van der Waals surface area (Å²) >= 11 is 0. The van der Waals surface area contributed by atoms with Gasteiger partial charge < -0.3 is 9.73 Å². The molecule has 0 fully saturated rings. The second-order valence-electron chi connectivity index (χ2n) is 5.47. The zero-order valence-corrected chi connectivity index (χ0v) is 13.3. The van der Waals surface area contributed by atoms with Crippen LogP contribution in [-0.2, 0) is 17.6 Å². The number of ketones is 1. The molecule has 0 aliphatic heterocycles. The van der Waals surface area contributed by atoms with E-state index in [4.69, 9.17) is 4.42 Å². The average Bonchev–Trinajstić information content (AvgIpc) is 2.86. The summed E-state index contributed by atoms with van der Waals surface area (Å²) in [5, 5.41) is 2.80. The minimum absolute atomic E-state index is 0.0444. The summed E-state index contributed by atoms with van der Waals surface area (Å²) in [6.45, 7) is 3.68. The van der Waals surface area contributed by atoms with Gasteiger partial charge in [0.15, 0.2) is 5.78 Å². The molecular weight excluding hydrogens is 297 g/mol. The maximum absolute atomic E-state index is 13.0. The molecule has 23 heavy (non-hydrogen) atoms. The normalized spacial score (nSPS) is 10.6. The van der Waals surface area contributed by atoms with Crippen LogP contribution in [0.5, 0.6) is 0 Å². The SMILES string of the molecule is CC(=O)c1cc(CCC(=O)NCCc2cccc(F)c2)oc1C. The van der Waals surface area contributed by atoms with Crippen molar-refractivity contribution < 1.29 is 18.4 Å². The number of Topliss-reactive ketones (excluding diaryl/α,β-unsaturated/α-hetero) is 1. The lowest BCUT2D eigenvalue weighted by Crippen LogP contribution is -2.25. The third kappa shape index (κ3) is 5.06. The van der Waals surface area contributed by atoms with Crippen LogP contribution in [0.25, 0.3) is 0 Å². The van der Waals surface area contributed by atoms with E-state index in [1.165, 1.54) is 19.1 Å². The van der Waals surface area contributed by atoms with Crippen molar-refractivity contribution in [2.45, 2.75) is 33.1 Å². The van der Waals surface area contributed by atoms with E-state index in [9.17, 15) is 14.0 Å². The summed E-state index contributed by atoms with van der Waals surface area (Å²) in [6.07, 6.45) is 1.31. The summed E-state index contributed by atoms with van der Waals surface area (Å²) in [4.78, 5) is 23.2. The molecule has 122 valence electrons. The fraction of sp³-hybridized carbons (Fsp3) is 0.333. The van der Waals surface area contributed by atoms with Crippen LogP contribution in [0, 0.1) is 12.7 Å². The number of hydrogen-bond donors (Lipinski definition) is 1. The van der Waals surface area contributed by atoms with Gasteiger partial charge in [-0.2, -0.15) is 0 Å². The quantitative estimate of drug-likeness (QED) is 0.798. The van der Waals surface area contributed by atoms with Gasteiger partial charge in [-0.15, -0.1) is 0 Å². The molecule has 0 aliphatic carbocycles. The number of hydrogen-bond acceptors (Lipinski definition) is 3. The monoisotopic (exact) mass is 317 g/mol. The molecule has 1 N–H and O–H groups in total. The molecule has 1 heterocycles. The van der Waals surface area contributed by atoms with Crippen LogP contribution in [0.2, 0.25) is 0 Å². The van der Waals surface area contributed by atoms with Crippen molar-refractivity contribution >= 4 is 11.7 Å². The number of rotatable bonds is 7. The molecule has 2 rings (SSSR count). The summed E-state index contributed by atoms with van der Waals surface area (Å²) in [7, 11) is 0. The van der Waals surface area contributed by atoms with E-state index >= 15 is 0 Å². The first-order valence-corrected chi connectivity index (χ1v) is 7.57. The van der Waals surface area contributed by atoms with Gasteiger partial charge in [0.25, 0.3) is 0 Å². The first-order valence-electron chi connectivity index (χ1n) is 7.57. The lowest BCUT2D eigenvalue weighted by molar-refractivity contribution is -0.121. The van der Waals surface area contributed by atoms with Gasteiger partial charge in [0.1, 0.15) is 17.3 Å². The van der Waals surface area contributed by atoms with E-state index in [1.54, 1.807) is 19.1 Å². The molecule has 2 aromatic rings. The predicted molar refractivity (Wildman–Crippen MR) is 84.9 cm³/mol. The van der Waals surface area contributed by atoms with Gasteiger partial charge in [-0.25, -0.2) is 4.39 Å². The van der Waals surface area contributed by atoms with Crippen LogP contribution in [0.3, 0.4) is 0 Å². The van der Waals surface area contributed by atoms with Gasteiger partial charge >= 0.3 is 0 Å². The highest BCUT2D eigenvalue weighted by Crippen LogP contribution is 2.16. The first kappa shape index (κ1) is 16.9. The Hall–Kier alpha value is -2.43. The summed E-state index contributed by atoms with van der Waals surface area (Å²) in [5.41, 5.74) is 1.41. The third-order valence-corrected chi connectivity index (χ3v) is 3.57. The van der Waals surface area contributed by atoms with Crippen LogP contribution < -0.4 is 5.32 Å². The van der Waals surface area contributed by atoms with Crippen molar-refractivity contribution in [2.24, 2.45) is 0 Å². The molecule has 4 nitrogen and oxygen atoms in total. The third-order valence-electron chi connectivity index (χ3n) is 3.57. The van der Waals surface area contributed by atoms with E-state index in [0.717, 1.165) is 5.56 Å². The number of carbonyl (C=O) groups is 2. The molecule has 1 aromatic carbocycles. The second-order valence-corrected chi connectivity index (χ2v) is 5.47. The fourth-order valence-electron chi connectivity index (χ4n) is 2.38. The van der Waals surface area contributed by atoms with Crippen molar-refractivity contribution in [3.8, 4) is 0 Å². The summed E-state index contributed by atoms with van der Waals surface area (Å²) in [5.74, 6) is 0.798. The first-order chi connectivity index (χ1) is 11.0. The Morgan fingerprint density at radius 1 is 1.22 bits per heavy atom. The van der Waals surface area contributed by atoms with Crippen LogP contribution in [0.1, 0.15) is 40.8 Å². The molecule has 0 atom stereocenters. The maximum atomic E-state index is 13.0. The molecular formula is C18H20FNO3. The Bertz CT molecular complexity index is 706. The number of amides is 1. The number of aryl methyl sites for hydroxylation is 2. The molecule has 0 unspecified atom stereocenters. The minimum Gasteiger partial charge on any atom is -0.466 e. The fourth-order valence-corrected chi connectivity index (χ4v) is 2.38. The topological polar surface area (TPSA) is 59.3 Å². The van der Waals surface area contributed by atoms with Crippen LogP contribution in [0.4, 0.5) is 4.39 Å². The van der Waals surface area contributed by atoms with Crippen LogP contribution >= 0.6 is 0 Å². The van der Waals surface area contributed by atoms with Crippen LogP contribution in [-0.4, -0.2) is 18.2 Å². The smallest absolute Gasteiger partial charge is 0.220 e. The van der Waals surface area contributed by atoms with Crippen molar-refractivity contribution in [3.05, 3.63) is 58.8 Å². The second kappa shape index (κ2) is 7.72. The molecule has 0 saturated heterocycles. The van der Waals surface area contributed by atoms with Crippen LogP contribution in [0.15, 0.2) is 34.7 Å². The Morgan fingerprint density at radius 3 is 2.65 bits per heavy atom. The van der Waals surface area contributed by atoms with Crippen molar-refractivity contribution in [2.75, 3.05) is 6.54 Å². The van der Waals surface area contributed by atoms with Crippen molar-refractivity contribution in [1.82, 2.24) is 5.32 Å². The standard InChI is InChI=1S/C18H20FNO3/c1-12(21)17-11-16(23-13(17)2)6-7-18(22)20-9-8-14-4-3-5-15(19)10-14/h3-5,10-11H,6-9H2,1-2H3,(H,20,22). The molecule has 1 amide bonds. The largest absolute Gasteiger partial charge is 0.466 e. The number of benzene rings is 1. The highest BCUT2D eigenvalue weighted by atomic mass is 19.1. The molecule has 5 heteroatoms. The van der Waals surface area contributed by atoms with Gasteiger partial charge in [0.2, 0.25) is 5.91 Å². The van der Waals surface area contributed by atoms with E-state index in [2.05, 4.69) is 5.32 Å². The van der Waals surface area contributed by atoms with Gasteiger partial charge in [0, 0.05) is 19.4 Å². The predicted octanol–water partition coefficient (Wildman–Crippen LogP) is 3.22. The minimum atomic E-state index is -0.275. The maximum Gasteiger partial charge on any atom is 0.220 e. The molecule has 0 aliphatic rings. The Morgan fingerprint density at radius 2 is 2.00 bits per heavy atom. The van der Waals surface area contributed by atoms with E-state index in [-0.39, 0.29) is 23.9 Å². The van der Waals surface area contributed by atoms with Crippen molar-refractivity contribution in [1.29, 1.82) is 0 Å². The lowest BCUT2D eigenvalue weighted by atomic mass is 10.1. The number of nitrogens with one attached hydrogen (secondary N) is 1. The average molecular weight is 317 g/mol. The zero-order valence-electron chi connectivity index (χ0n) is 13.3. The van der Waals surface area contributed by atoms with Gasteiger partial charge in [-0.3, -0.25) is 9.59 Å². The van der Waals surface area contributed by atoms with E-state index in [0.29, 0.717) is 36.5 Å². The number of halogens is 1. The Labute approximate surface area is 134 Å².